The monoisotopic (exact) mass is 280 g/mol. The van der Waals surface area contributed by atoms with Gasteiger partial charge < -0.3 is 15.0 Å². The maximum absolute atomic E-state index is 12.7. The summed E-state index contributed by atoms with van der Waals surface area (Å²) in [4.78, 5) is 14.9. The Bertz CT molecular complexity index is 354. The third kappa shape index (κ3) is 2.60. The highest BCUT2D eigenvalue weighted by Crippen LogP contribution is 2.46. The lowest BCUT2D eigenvalue weighted by Crippen LogP contribution is -2.52. The third-order valence-electron chi connectivity index (χ3n) is 5.72. The summed E-state index contributed by atoms with van der Waals surface area (Å²) in [5.74, 6) is 0.668. The number of piperidine rings is 2. The maximum Gasteiger partial charge on any atom is 0.225 e. The van der Waals surface area contributed by atoms with Crippen LogP contribution in [0, 0.1) is 11.3 Å². The van der Waals surface area contributed by atoms with Crippen LogP contribution in [-0.4, -0.2) is 50.2 Å². The van der Waals surface area contributed by atoms with Crippen LogP contribution in [0.2, 0.25) is 0 Å². The molecule has 20 heavy (non-hydrogen) atoms. The summed E-state index contributed by atoms with van der Waals surface area (Å²) < 4.78 is 5.73. The van der Waals surface area contributed by atoms with E-state index < -0.39 is 0 Å². The van der Waals surface area contributed by atoms with Gasteiger partial charge >= 0.3 is 0 Å². The van der Waals surface area contributed by atoms with Crippen LogP contribution in [0.1, 0.15) is 44.9 Å². The van der Waals surface area contributed by atoms with Crippen LogP contribution in [0.25, 0.3) is 0 Å². The van der Waals surface area contributed by atoms with Crippen LogP contribution >= 0.6 is 0 Å². The second-order valence-electron chi connectivity index (χ2n) is 6.87. The molecule has 3 fully saturated rings. The lowest BCUT2D eigenvalue weighted by Gasteiger charge is -2.44. The first-order valence-electron chi connectivity index (χ1n) is 8.27. The average molecular weight is 280 g/mol. The molecule has 0 aromatic heterocycles. The molecule has 3 rings (SSSR count). The highest BCUT2D eigenvalue weighted by molar-refractivity contribution is 5.79. The molecule has 2 heterocycles. The molecule has 2 atom stereocenters. The lowest BCUT2D eigenvalue weighted by molar-refractivity contribution is -0.142. The van der Waals surface area contributed by atoms with Gasteiger partial charge in [0.2, 0.25) is 5.91 Å². The van der Waals surface area contributed by atoms with Gasteiger partial charge in [-0.05, 0) is 51.6 Å². The van der Waals surface area contributed by atoms with E-state index in [2.05, 4.69) is 10.2 Å². The van der Waals surface area contributed by atoms with Gasteiger partial charge in [0.1, 0.15) is 0 Å². The van der Waals surface area contributed by atoms with Gasteiger partial charge in [-0.3, -0.25) is 4.79 Å². The predicted molar refractivity (Wildman–Crippen MR) is 78.5 cm³/mol. The molecule has 1 N–H and O–H groups in total. The number of rotatable bonds is 2. The lowest BCUT2D eigenvalue weighted by atomic mass is 9.76. The largest absolute Gasteiger partial charge is 0.381 e. The minimum absolute atomic E-state index is 0.258. The molecule has 1 saturated carbocycles. The summed E-state index contributed by atoms with van der Waals surface area (Å²) in [7, 11) is 1.84. The molecule has 2 aliphatic heterocycles. The second kappa shape index (κ2) is 6.02. The van der Waals surface area contributed by atoms with Crippen LogP contribution in [0.15, 0.2) is 0 Å². The Kier molecular flexibility index (Phi) is 4.32. The molecule has 4 nitrogen and oxygen atoms in total. The van der Waals surface area contributed by atoms with Crippen molar-refractivity contribution in [2.45, 2.75) is 51.0 Å². The van der Waals surface area contributed by atoms with Crippen molar-refractivity contribution in [2.75, 3.05) is 33.3 Å². The van der Waals surface area contributed by atoms with E-state index in [0.29, 0.717) is 12.0 Å². The van der Waals surface area contributed by atoms with Crippen molar-refractivity contribution in [3.8, 4) is 0 Å². The van der Waals surface area contributed by atoms with Gasteiger partial charge in [-0.25, -0.2) is 0 Å². The Morgan fingerprint density at radius 1 is 1.20 bits per heavy atom. The number of carbonyl (C=O) groups excluding carboxylic acids is 1. The van der Waals surface area contributed by atoms with Crippen molar-refractivity contribution >= 4 is 5.91 Å². The molecular weight excluding hydrogens is 252 g/mol. The first kappa shape index (κ1) is 14.3. The summed E-state index contributed by atoms with van der Waals surface area (Å²) in [6.07, 6.45) is 8.44. The van der Waals surface area contributed by atoms with E-state index in [1.165, 1.54) is 25.7 Å². The Labute approximate surface area is 122 Å². The molecule has 0 bridgehead atoms. The van der Waals surface area contributed by atoms with Gasteiger partial charge in [-0.1, -0.05) is 6.42 Å². The van der Waals surface area contributed by atoms with Crippen LogP contribution < -0.4 is 5.32 Å². The first-order valence-corrected chi connectivity index (χ1v) is 8.27. The van der Waals surface area contributed by atoms with Gasteiger partial charge in [-0.15, -0.1) is 0 Å². The van der Waals surface area contributed by atoms with Crippen molar-refractivity contribution in [1.29, 1.82) is 0 Å². The van der Waals surface area contributed by atoms with Crippen molar-refractivity contribution in [1.82, 2.24) is 10.2 Å². The van der Waals surface area contributed by atoms with Gasteiger partial charge in [-0.2, -0.15) is 0 Å². The summed E-state index contributed by atoms with van der Waals surface area (Å²) in [6, 6.07) is 0. The number of hydrogen-bond acceptors (Lipinski definition) is 3. The Morgan fingerprint density at radius 3 is 2.70 bits per heavy atom. The van der Waals surface area contributed by atoms with Gasteiger partial charge in [0, 0.05) is 31.5 Å². The number of amides is 1. The van der Waals surface area contributed by atoms with Crippen LogP contribution in [0.4, 0.5) is 0 Å². The Morgan fingerprint density at radius 2 is 1.95 bits per heavy atom. The molecular formula is C16H28N2O2. The number of carbonyl (C=O) groups is 1. The summed E-state index contributed by atoms with van der Waals surface area (Å²) in [5.41, 5.74) is 0.260. The number of nitrogens with zero attached hydrogens (tertiary/aromatic N) is 1. The molecule has 1 spiro atoms. The molecule has 0 aromatic rings. The molecule has 3 aliphatic rings. The number of hydrogen-bond donors (Lipinski definition) is 1. The van der Waals surface area contributed by atoms with Gasteiger partial charge in [0.05, 0.1) is 6.10 Å². The van der Waals surface area contributed by atoms with Crippen LogP contribution in [0.5, 0.6) is 0 Å². The molecule has 1 aliphatic carbocycles. The van der Waals surface area contributed by atoms with E-state index in [4.69, 9.17) is 4.74 Å². The van der Waals surface area contributed by atoms with Gasteiger partial charge in [0.15, 0.2) is 0 Å². The third-order valence-corrected chi connectivity index (χ3v) is 5.72. The van der Waals surface area contributed by atoms with E-state index in [9.17, 15) is 4.79 Å². The Balaban J connectivity index is 1.66. The number of methoxy groups -OCH3 is 1. The Hall–Kier alpha value is -0.610. The minimum Gasteiger partial charge on any atom is -0.381 e. The number of nitrogens with one attached hydrogen (secondary N) is 1. The summed E-state index contributed by atoms with van der Waals surface area (Å²) in [5, 5.41) is 3.35. The zero-order chi connectivity index (χ0) is 14.0. The molecule has 0 aromatic carbocycles. The fourth-order valence-electron chi connectivity index (χ4n) is 4.62. The van der Waals surface area contributed by atoms with E-state index in [1.54, 1.807) is 0 Å². The standard InChI is InChI=1S/C16H28N2O2/c1-20-14-4-2-7-16(14)8-3-11-18(12-16)15(19)13-5-9-17-10-6-13/h13-14,17H,2-12H2,1H3/t14-,16-/m1/s1. The van der Waals surface area contributed by atoms with Crippen LogP contribution in [0.3, 0.4) is 0 Å². The average Bonchev–Trinajstić information content (AvgIpc) is 2.89. The number of ether oxygens (including phenoxy) is 1. The predicted octanol–water partition coefficient (Wildman–Crippen LogP) is 1.79. The van der Waals surface area contributed by atoms with E-state index in [0.717, 1.165) is 45.4 Å². The molecule has 114 valence electrons. The molecule has 2 saturated heterocycles. The number of likely N-dealkylation sites (tertiary alicyclic amines) is 1. The van der Waals surface area contributed by atoms with Crippen molar-refractivity contribution < 1.29 is 9.53 Å². The van der Waals surface area contributed by atoms with Gasteiger partial charge in [0.25, 0.3) is 0 Å². The highest BCUT2D eigenvalue weighted by atomic mass is 16.5. The van der Waals surface area contributed by atoms with Crippen molar-refractivity contribution in [3.05, 3.63) is 0 Å². The normalized spacial score (nSPS) is 35.6. The summed E-state index contributed by atoms with van der Waals surface area (Å²) in [6.45, 7) is 3.89. The second-order valence-corrected chi connectivity index (χ2v) is 6.87. The highest BCUT2D eigenvalue weighted by Gasteiger charge is 2.47. The molecule has 0 radical (unpaired) electrons. The van der Waals surface area contributed by atoms with Crippen molar-refractivity contribution in [2.24, 2.45) is 11.3 Å². The first-order chi connectivity index (χ1) is 9.75. The molecule has 1 amide bonds. The van der Waals surface area contributed by atoms with Crippen molar-refractivity contribution in [3.63, 3.8) is 0 Å². The fourth-order valence-corrected chi connectivity index (χ4v) is 4.62. The van der Waals surface area contributed by atoms with E-state index in [1.807, 2.05) is 7.11 Å². The SMILES string of the molecule is CO[C@@H]1CCC[C@]12CCCN(C(=O)C1CCNCC1)C2. The van der Waals surface area contributed by atoms with E-state index >= 15 is 0 Å². The zero-order valence-corrected chi connectivity index (χ0v) is 12.7. The van der Waals surface area contributed by atoms with Crippen LogP contribution in [-0.2, 0) is 9.53 Å². The smallest absolute Gasteiger partial charge is 0.225 e. The maximum atomic E-state index is 12.7. The summed E-state index contributed by atoms with van der Waals surface area (Å²) >= 11 is 0. The molecule has 0 unspecified atom stereocenters. The molecule has 4 heteroatoms. The quantitative estimate of drug-likeness (QED) is 0.838. The van der Waals surface area contributed by atoms with E-state index in [-0.39, 0.29) is 11.3 Å². The zero-order valence-electron chi connectivity index (χ0n) is 12.7. The topological polar surface area (TPSA) is 41.6 Å². The fraction of sp³-hybridized carbons (Fsp3) is 0.938. The minimum atomic E-state index is 0.258.